The molecule has 2 aliphatic rings. The van der Waals surface area contributed by atoms with Crippen LogP contribution in [0.3, 0.4) is 0 Å². The van der Waals surface area contributed by atoms with E-state index in [1.807, 2.05) is 54.8 Å². The molecule has 0 bridgehead atoms. The van der Waals surface area contributed by atoms with Crippen molar-refractivity contribution in [3.8, 4) is 5.75 Å². The first-order valence-electron chi connectivity index (χ1n) is 13.2. The minimum Gasteiger partial charge on any atom is -0.497 e. The summed E-state index contributed by atoms with van der Waals surface area (Å²) < 4.78 is 10.8. The summed E-state index contributed by atoms with van der Waals surface area (Å²) in [7, 11) is 1.63. The number of carbonyl (C=O) groups is 3. The fraction of sp³-hybridized carbons (Fsp3) is 0.679. The molecule has 3 amide bonds. The van der Waals surface area contributed by atoms with E-state index in [-0.39, 0.29) is 35.4 Å². The predicted octanol–water partition coefficient (Wildman–Crippen LogP) is 3.27. The number of rotatable bonds is 6. The second-order valence-corrected chi connectivity index (χ2v) is 12.3. The Morgan fingerprint density at radius 1 is 1.03 bits per heavy atom. The van der Waals surface area contributed by atoms with Crippen LogP contribution in [0.25, 0.3) is 0 Å². The molecule has 0 aliphatic carbocycles. The molecular formula is C28H44N4O5. The van der Waals surface area contributed by atoms with Crippen molar-refractivity contribution in [2.45, 2.75) is 78.6 Å². The standard InChI is InChI=1S/C28H44N4O5/c1-27(2,3)17-24(33)32(19-20-9-8-10-22(15-20)36-7)21-16-23(29-18-21)25(34)30-11-13-31(14-12-30)26(35)37-28(4,5)6/h8-10,15,21,23,29H,11-14,16-19H2,1-7H3/t21-,23-/m0/s1. The van der Waals surface area contributed by atoms with Gasteiger partial charge in [-0.3, -0.25) is 9.59 Å². The van der Waals surface area contributed by atoms with E-state index in [1.165, 1.54) is 0 Å². The topological polar surface area (TPSA) is 91.4 Å². The highest BCUT2D eigenvalue weighted by molar-refractivity contribution is 5.83. The summed E-state index contributed by atoms with van der Waals surface area (Å²) in [6.45, 7) is 14.6. The molecule has 9 nitrogen and oxygen atoms in total. The normalized spacial score (nSPS) is 20.5. The quantitative estimate of drug-likeness (QED) is 0.624. The summed E-state index contributed by atoms with van der Waals surface area (Å²) in [5.74, 6) is 0.862. The van der Waals surface area contributed by atoms with Gasteiger partial charge in [0.05, 0.1) is 13.2 Å². The maximum absolute atomic E-state index is 13.4. The molecule has 2 saturated heterocycles. The van der Waals surface area contributed by atoms with Gasteiger partial charge >= 0.3 is 6.09 Å². The second kappa shape index (κ2) is 11.7. The Morgan fingerprint density at radius 3 is 2.27 bits per heavy atom. The van der Waals surface area contributed by atoms with Crippen LogP contribution in [0.5, 0.6) is 5.75 Å². The summed E-state index contributed by atoms with van der Waals surface area (Å²) in [4.78, 5) is 44.5. The van der Waals surface area contributed by atoms with Crippen molar-refractivity contribution in [3.63, 3.8) is 0 Å². The number of nitrogens with one attached hydrogen (secondary N) is 1. The average molecular weight is 517 g/mol. The van der Waals surface area contributed by atoms with Crippen molar-refractivity contribution in [3.05, 3.63) is 29.8 Å². The number of amides is 3. The molecule has 3 rings (SSSR count). The van der Waals surface area contributed by atoms with Crippen LogP contribution in [0.1, 0.15) is 59.9 Å². The van der Waals surface area contributed by atoms with Gasteiger partial charge in [-0.15, -0.1) is 0 Å². The van der Waals surface area contributed by atoms with Crippen molar-refractivity contribution < 1.29 is 23.9 Å². The molecule has 9 heteroatoms. The molecular weight excluding hydrogens is 472 g/mol. The molecule has 0 radical (unpaired) electrons. The maximum atomic E-state index is 13.4. The van der Waals surface area contributed by atoms with Gasteiger partial charge in [0.1, 0.15) is 11.4 Å². The van der Waals surface area contributed by atoms with Gasteiger partial charge in [-0.25, -0.2) is 4.79 Å². The van der Waals surface area contributed by atoms with Crippen LogP contribution in [-0.4, -0.2) is 90.1 Å². The Kier molecular flexibility index (Phi) is 9.10. The lowest BCUT2D eigenvalue weighted by Gasteiger charge is -2.36. The molecule has 2 heterocycles. The number of ether oxygens (including phenoxy) is 2. The SMILES string of the molecule is COc1cccc(CN(C(=O)CC(C)(C)C)[C@@H]2CN[C@H](C(=O)N3CCN(C(=O)OC(C)(C)C)CC3)C2)c1. The Morgan fingerprint density at radius 2 is 1.68 bits per heavy atom. The first kappa shape index (κ1) is 28.8. The van der Waals surface area contributed by atoms with Crippen LogP contribution in [0.2, 0.25) is 0 Å². The molecule has 37 heavy (non-hydrogen) atoms. The highest BCUT2D eigenvalue weighted by Crippen LogP contribution is 2.26. The van der Waals surface area contributed by atoms with Crippen molar-refractivity contribution in [1.82, 2.24) is 20.0 Å². The lowest BCUT2D eigenvalue weighted by atomic mass is 9.91. The van der Waals surface area contributed by atoms with E-state index in [9.17, 15) is 14.4 Å². The molecule has 2 atom stereocenters. The van der Waals surface area contributed by atoms with Crippen molar-refractivity contribution in [2.24, 2.45) is 5.41 Å². The van der Waals surface area contributed by atoms with Gasteiger partial charge in [-0.05, 0) is 50.3 Å². The molecule has 0 unspecified atom stereocenters. The highest BCUT2D eigenvalue weighted by Gasteiger charge is 2.38. The number of benzene rings is 1. The van der Waals surface area contributed by atoms with E-state index >= 15 is 0 Å². The molecule has 1 N–H and O–H groups in total. The number of carbonyl (C=O) groups excluding carboxylic acids is 3. The van der Waals surface area contributed by atoms with Crippen LogP contribution < -0.4 is 10.1 Å². The molecule has 0 aromatic heterocycles. The van der Waals surface area contributed by atoms with E-state index in [0.29, 0.717) is 52.1 Å². The predicted molar refractivity (Wildman–Crippen MR) is 142 cm³/mol. The zero-order chi connectivity index (χ0) is 27.4. The molecule has 2 fully saturated rings. The number of hydrogen-bond acceptors (Lipinski definition) is 6. The molecule has 1 aromatic carbocycles. The second-order valence-electron chi connectivity index (χ2n) is 12.3. The average Bonchev–Trinajstić information content (AvgIpc) is 3.30. The highest BCUT2D eigenvalue weighted by atomic mass is 16.6. The van der Waals surface area contributed by atoms with Crippen LogP contribution in [0.4, 0.5) is 4.79 Å². The molecule has 206 valence electrons. The number of piperazine rings is 1. The number of nitrogens with zero attached hydrogens (tertiary/aromatic N) is 3. The smallest absolute Gasteiger partial charge is 0.410 e. The third-order valence-electron chi connectivity index (χ3n) is 6.58. The molecule has 0 spiro atoms. The van der Waals surface area contributed by atoms with Gasteiger partial charge in [0.15, 0.2) is 0 Å². The van der Waals surface area contributed by atoms with Crippen LogP contribution in [0.15, 0.2) is 24.3 Å². The van der Waals surface area contributed by atoms with E-state index < -0.39 is 5.60 Å². The van der Waals surface area contributed by atoms with E-state index in [2.05, 4.69) is 26.1 Å². The summed E-state index contributed by atoms with van der Waals surface area (Å²) in [5.41, 5.74) is 0.307. The van der Waals surface area contributed by atoms with Crippen LogP contribution in [0, 0.1) is 5.41 Å². The first-order chi connectivity index (χ1) is 17.3. The van der Waals surface area contributed by atoms with E-state index in [4.69, 9.17) is 9.47 Å². The van der Waals surface area contributed by atoms with Gasteiger partial charge in [0.2, 0.25) is 11.8 Å². The minimum atomic E-state index is -0.548. The van der Waals surface area contributed by atoms with Crippen LogP contribution in [-0.2, 0) is 20.9 Å². The third-order valence-corrected chi connectivity index (χ3v) is 6.58. The van der Waals surface area contributed by atoms with E-state index in [1.54, 1.807) is 12.0 Å². The van der Waals surface area contributed by atoms with Crippen LogP contribution >= 0.6 is 0 Å². The Labute approximate surface area is 221 Å². The monoisotopic (exact) mass is 516 g/mol. The zero-order valence-electron chi connectivity index (χ0n) is 23.5. The van der Waals surface area contributed by atoms with Gasteiger partial charge < -0.3 is 29.5 Å². The molecule has 1 aromatic rings. The minimum absolute atomic E-state index is 0.0240. The Hall–Kier alpha value is -2.81. The third kappa shape index (κ3) is 8.35. The lowest BCUT2D eigenvalue weighted by molar-refractivity contribution is -0.137. The van der Waals surface area contributed by atoms with Gasteiger partial charge in [0, 0.05) is 51.7 Å². The van der Waals surface area contributed by atoms with Gasteiger partial charge in [-0.1, -0.05) is 32.9 Å². The largest absolute Gasteiger partial charge is 0.497 e. The molecule has 2 aliphatic heterocycles. The van der Waals surface area contributed by atoms with E-state index in [0.717, 1.165) is 11.3 Å². The lowest BCUT2D eigenvalue weighted by Crippen LogP contribution is -2.54. The van der Waals surface area contributed by atoms with Crippen molar-refractivity contribution in [1.29, 1.82) is 0 Å². The summed E-state index contributed by atoms with van der Waals surface area (Å²) in [6, 6.07) is 7.32. The summed E-state index contributed by atoms with van der Waals surface area (Å²) in [6.07, 6.45) is 0.646. The molecule has 0 saturated carbocycles. The first-order valence-corrected chi connectivity index (χ1v) is 13.2. The summed E-state index contributed by atoms with van der Waals surface area (Å²) >= 11 is 0. The van der Waals surface area contributed by atoms with Gasteiger partial charge in [-0.2, -0.15) is 0 Å². The zero-order valence-corrected chi connectivity index (χ0v) is 23.5. The summed E-state index contributed by atoms with van der Waals surface area (Å²) in [5, 5.41) is 3.36. The number of hydrogen-bond donors (Lipinski definition) is 1. The fourth-order valence-electron chi connectivity index (χ4n) is 4.74. The maximum Gasteiger partial charge on any atom is 0.410 e. The van der Waals surface area contributed by atoms with Gasteiger partial charge in [0.25, 0.3) is 0 Å². The van der Waals surface area contributed by atoms with Crippen molar-refractivity contribution >= 4 is 17.9 Å². The fourth-order valence-corrected chi connectivity index (χ4v) is 4.74. The Balaban J connectivity index is 1.63. The number of methoxy groups -OCH3 is 1. The Bertz CT molecular complexity index is 960. The van der Waals surface area contributed by atoms with Crippen molar-refractivity contribution in [2.75, 3.05) is 39.8 Å².